The molecule has 0 saturated heterocycles. The summed E-state index contributed by atoms with van der Waals surface area (Å²) in [6.07, 6.45) is 5.36. The van der Waals surface area contributed by atoms with Gasteiger partial charge in [-0.2, -0.15) is 0 Å². The number of rotatable bonds is 2. The van der Waals surface area contributed by atoms with Gasteiger partial charge >= 0.3 is 0 Å². The molecule has 0 heterocycles. The summed E-state index contributed by atoms with van der Waals surface area (Å²) in [5, 5.41) is 0. The summed E-state index contributed by atoms with van der Waals surface area (Å²) in [6.45, 7) is 4.68. The molecular formula is C14H20. The van der Waals surface area contributed by atoms with E-state index in [0.29, 0.717) is 0 Å². The predicted molar refractivity (Wildman–Crippen MR) is 61.6 cm³/mol. The molecule has 0 aromatic heterocycles. The van der Waals surface area contributed by atoms with Crippen molar-refractivity contribution in [2.45, 2.75) is 45.4 Å². The van der Waals surface area contributed by atoms with Gasteiger partial charge in [-0.1, -0.05) is 44.5 Å². The number of fused-ring (bicyclic) bond motifs is 1. The van der Waals surface area contributed by atoms with E-state index in [1.807, 2.05) is 0 Å². The molecule has 0 fully saturated rings. The van der Waals surface area contributed by atoms with Crippen LogP contribution in [0.2, 0.25) is 0 Å². The van der Waals surface area contributed by atoms with Crippen molar-refractivity contribution < 1.29 is 0 Å². The molecule has 2 rings (SSSR count). The molecule has 0 spiro atoms. The van der Waals surface area contributed by atoms with Gasteiger partial charge in [0.15, 0.2) is 0 Å². The average Bonchev–Trinajstić information content (AvgIpc) is 2.18. The second kappa shape index (κ2) is 4.16. The Labute approximate surface area is 87.3 Å². The SMILES string of the molecule is CCCC1CC(C)Cc2ccccc21. The second-order valence-electron chi connectivity index (χ2n) is 4.73. The van der Waals surface area contributed by atoms with Gasteiger partial charge in [-0.3, -0.25) is 0 Å². The van der Waals surface area contributed by atoms with Gasteiger partial charge < -0.3 is 0 Å². The quantitative estimate of drug-likeness (QED) is 0.654. The van der Waals surface area contributed by atoms with Crippen molar-refractivity contribution in [3.8, 4) is 0 Å². The molecular weight excluding hydrogens is 168 g/mol. The largest absolute Gasteiger partial charge is 0.0654 e. The van der Waals surface area contributed by atoms with Gasteiger partial charge in [0.05, 0.1) is 0 Å². The van der Waals surface area contributed by atoms with E-state index in [1.54, 1.807) is 11.1 Å². The highest BCUT2D eigenvalue weighted by Crippen LogP contribution is 2.37. The van der Waals surface area contributed by atoms with Crippen molar-refractivity contribution in [3.63, 3.8) is 0 Å². The maximum absolute atomic E-state index is 2.39. The second-order valence-corrected chi connectivity index (χ2v) is 4.73. The molecule has 14 heavy (non-hydrogen) atoms. The van der Waals surface area contributed by atoms with E-state index in [2.05, 4.69) is 38.1 Å². The third-order valence-electron chi connectivity index (χ3n) is 3.39. The van der Waals surface area contributed by atoms with Crippen LogP contribution in [-0.4, -0.2) is 0 Å². The van der Waals surface area contributed by atoms with E-state index in [-0.39, 0.29) is 0 Å². The van der Waals surface area contributed by atoms with Crippen molar-refractivity contribution in [2.75, 3.05) is 0 Å². The van der Waals surface area contributed by atoms with E-state index in [0.717, 1.165) is 11.8 Å². The van der Waals surface area contributed by atoms with E-state index in [1.165, 1.54) is 25.7 Å². The molecule has 1 aromatic rings. The van der Waals surface area contributed by atoms with Gasteiger partial charge in [-0.15, -0.1) is 0 Å². The third kappa shape index (κ3) is 1.84. The molecule has 0 amide bonds. The van der Waals surface area contributed by atoms with Crippen molar-refractivity contribution in [1.29, 1.82) is 0 Å². The van der Waals surface area contributed by atoms with Crippen LogP contribution in [-0.2, 0) is 6.42 Å². The summed E-state index contributed by atoms with van der Waals surface area (Å²) in [5.41, 5.74) is 3.23. The van der Waals surface area contributed by atoms with Crippen LogP contribution < -0.4 is 0 Å². The third-order valence-corrected chi connectivity index (χ3v) is 3.39. The fourth-order valence-corrected chi connectivity index (χ4v) is 2.81. The highest BCUT2D eigenvalue weighted by atomic mass is 14.3. The van der Waals surface area contributed by atoms with Crippen LogP contribution in [0.1, 0.15) is 50.2 Å². The Kier molecular flexibility index (Phi) is 2.90. The van der Waals surface area contributed by atoms with Crippen LogP contribution in [0.5, 0.6) is 0 Å². The number of benzene rings is 1. The lowest BCUT2D eigenvalue weighted by atomic mass is 9.76. The van der Waals surface area contributed by atoms with Crippen LogP contribution in [0.25, 0.3) is 0 Å². The fraction of sp³-hybridized carbons (Fsp3) is 0.571. The van der Waals surface area contributed by atoms with Gasteiger partial charge in [0.2, 0.25) is 0 Å². The summed E-state index contributed by atoms with van der Waals surface area (Å²) in [5.74, 6) is 1.71. The fourth-order valence-electron chi connectivity index (χ4n) is 2.81. The van der Waals surface area contributed by atoms with Crippen LogP contribution >= 0.6 is 0 Å². The molecule has 0 nitrogen and oxygen atoms in total. The Morgan fingerprint density at radius 3 is 2.86 bits per heavy atom. The minimum absolute atomic E-state index is 0.833. The van der Waals surface area contributed by atoms with Gasteiger partial charge in [0.25, 0.3) is 0 Å². The lowest BCUT2D eigenvalue weighted by Gasteiger charge is -2.29. The average molecular weight is 188 g/mol. The summed E-state index contributed by atoms with van der Waals surface area (Å²) in [4.78, 5) is 0. The van der Waals surface area contributed by atoms with Crippen LogP contribution in [0.3, 0.4) is 0 Å². The standard InChI is InChI=1S/C14H20/c1-3-6-12-9-11(2)10-13-7-4-5-8-14(12)13/h4-5,7-8,11-12H,3,6,9-10H2,1-2H3. The zero-order valence-electron chi connectivity index (χ0n) is 9.29. The van der Waals surface area contributed by atoms with Crippen molar-refractivity contribution in [1.82, 2.24) is 0 Å². The monoisotopic (exact) mass is 188 g/mol. The van der Waals surface area contributed by atoms with Crippen LogP contribution in [0, 0.1) is 5.92 Å². The zero-order chi connectivity index (χ0) is 9.97. The van der Waals surface area contributed by atoms with Gasteiger partial charge in [0, 0.05) is 0 Å². The minimum Gasteiger partial charge on any atom is -0.0654 e. The molecule has 2 atom stereocenters. The Morgan fingerprint density at radius 2 is 2.07 bits per heavy atom. The first kappa shape index (κ1) is 9.76. The molecule has 2 unspecified atom stereocenters. The van der Waals surface area contributed by atoms with Crippen LogP contribution in [0.15, 0.2) is 24.3 Å². The number of hydrogen-bond acceptors (Lipinski definition) is 0. The normalized spacial score (nSPS) is 25.9. The molecule has 0 N–H and O–H groups in total. The topological polar surface area (TPSA) is 0 Å². The highest BCUT2D eigenvalue weighted by molar-refractivity contribution is 5.33. The molecule has 1 aliphatic rings. The van der Waals surface area contributed by atoms with Crippen molar-refractivity contribution >= 4 is 0 Å². The summed E-state index contributed by atoms with van der Waals surface area (Å²) >= 11 is 0. The Morgan fingerprint density at radius 1 is 1.29 bits per heavy atom. The smallest absolute Gasteiger partial charge is 0.0157 e. The Hall–Kier alpha value is -0.780. The highest BCUT2D eigenvalue weighted by Gasteiger charge is 2.22. The maximum atomic E-state index is 2.39. The predicted octanol–water partition coefficient (Wildman–Crippen LogP) is 4.15. The van der Waals surface area contributed by atoms with E-state index in [9.17, 15) is 0 Å². The van der Waals surface area contributed by atoms with Gasteiger partial charge in [0.1, 0.15) is 0 Å². The molecule has 0 radical (unpaired) electrons. The molecule has 0 saturated carbocycles. The van der Waals surface area contributed by atoms with Gasteiger partial charge in [-0.05, 0) is 42.2 Å². The summed E-state index contributed by atoms with van der Waals surface area (Å²) in [6, 6.07) is 9.02. The summed E-state index contributed by atoms with van der Waals surface area (Å²) < 4.78 is 0. The zero-order valence-corrected chi connectivity index (χ0v) is 9.29. The van der Waals surface area contributed by atoms with E-state index >= 15 is 0 Å². The molecule has 0 heteroatoms. The summed E-state index contributed by atoms with van der Waals surface area (Å²) in [7, 11) is 0. The maximum Gasteiger partial charge on any atom is -0.0157 e. The lowest BCUT2D eigenvalue weighted by Crippen LogP contribution is -2.16. The lowest BCUT2D eigenvalue weighted by molar-refractivity contribution is 0.413. The van der Waals surface area contributed by atoms with E-state index < -0.39 is 0 Å². The molecule has 0 aliphatic heterocycles. The van der Waals surface area contributed by atoms with Crippen molar-refractivity contribution in [2.24, 2.45) is 5.92 Å². The Bertz CT molecular complexity index is 301. The molecule has 76 valence electrons. The Balaban J connectivity index is 2.28. The van der Waals surface area contributed by atoms with Crippen LogP contribution in [0.4, 0.5) is 0 Å². The van der Waals surface area contributed by atoms with Gasteiger partial charge in [-0.25, -0.2) is 0 Å². The van der Waals surface area contributed by atoms with E-state index in [4.69, 9.17) is 0 Å². The molecule has 0 bridgehead atoms. The minimum atomic E-state index is 0.833. The number of hydrogen-bond donors (Lipinski definition) is 0. The molecule has 1 aliphatic carbocycles. The molecule has 1 aromatic carbocycles. The first-order valence-electron chi connectivity index (χ1n) is 5.89. The van der Waals surface area contributed by atoms with Crippen molar-refractivity contribution in [3.05, 3.63) is 35.4 Å². The first-order chi connectivity index (χ1) is 6.81. The first-order valence-corrected chi connectivity index (χ1v) is 5.89.